The lowest BCUT2D eigenvalue weighted by atomic mass is 9.51. The molecule has 11 nitrogen and oxygen atoms in total. The third-order valence-corrected chi connectivity index (χ3v) is 10.4. The SMILES string of the molecule is C[C@@H]1C(=O)O[C@H]2[C@@H](OCOCc3ccccc3)[C@@]34[C@H]5C[C@@H](C(C)(C)C)[C@@]36C(O)C(=O)O[C@H]6O[C@@]4(C(=O)O5)[C@@]12O. The molecule has 11 atom stereocenters. The Kier molecular flexibility index (Phi) is 4.94. The molecule has 0 amide bonds. The topological polar surface area (TPSA) is 147 Å². The highest BCUT2D eigenvalue weighted by atomic mass is 16.8. The van der Waals surface area contributed by atoms with E-state index in [0.717, 1.165) is 5.56 Å². The van der Waals surface area contributed by atoms with E-state index in [1.807, 2.05) is 51.1 Å². The number of hydrogen-bond acceptors (Lipinski definition) is 11. The van der Waals surface area contributed by atoms with Crippen LogP contribution in [0.15, 0.2) is 30.3 Å². The summed E-state index contributed by atoms with van der Waals surface area (Å²) in [6.07, 6.45) is -6.27. The molecule has 7 rings (SSSR count). The third kappa shape index (κ3) is 2.48. The molecule has 39 heavy (non-hydrogen) atoms. The first-order valence-electron chi connectivity index (χ1n) is 13.3. The minimum absolute atomic E-state index is 0.217. The number of ether oxygens (including phenoxy) is 6. The maximum atomic E-state index is 13.9. The molecule has 6 aliphatic rings. The van der Waals surface area contributed by atoms with Gasteiger partial charge in [0, 0.05) is 0 Å². The van der Waals surface area contributed by atoms with Gasteiger partial charge in [-0.2, -0.15) is 0 Å². The van der Waals surface area contributed by atoms with Crippen molar-refractivity contribution >= 4 is 17.9 Å². The summed E-state index contributed by atoms with van der Waals surface area (Å²) < 4.78 is 35.8. The van der Waals surface area contributed by atoms with E-state index in [4.69, 9.17) is 28.4 Å². The highest BCUT2D eigenvalue weighted by Crippen LogP contribution is 2.85. The molecule has 11 heteroatoms. The van der Waals surface area contributed by atoms with E-state index in [1.54, 1.807) is 0 Å². The standard InChI is InChI=1S/C28H32O11/c1-13-20(30)37-19-18(35-12-34-11-14-8-6-5-7-9-14)26-16-10-15(24(2,3)4)25(26)17(29)21(31)38-23(25)39-28(26,22(32)36-16)27(13,19)33/h5-9,13,15-19,23,29,33H,10-12H2,1-4H3/t13-,15+,16-,17?,18-,19+,23+,25+,26+,27-,28-/m1/s1. The van der Waals surface area contributed by atoms with Crippen LogP contribution in [-0.2, 0) is 49.4 Å². The van der Waals surface area contributed by atoms with Gasteiger partial charge in [0.15, 0.2) is 17.8 Å². The van der Waals surface area contributed by atoms with Crippen molar-refractivity contribution in [1.29, 1.82) is 0 Å². The summed E-state index contributed by atoms with van der Waals surface area (Å²) in [5.74, 6) is -4.14. The van der Waals surface area contributed by atoms with Crippen LogP contribution in [0.25, 0.3) is 0 Å². The van der Waals surface area contributed by atoms with Crippen LogP contribution in [0.1, 0.15) is 39.7 Å². The summed E-state index contributed by atoms with van der Waals surface area (Å²) >= 11 is 0. The van der Waals surface area contributed by atoms with Crippen molar-refractivity contribution in [3.05, 3.63) is 35.9 Å². The monoisotopic (exact) mass is 544 g/mol. The molecule has 4 aliphatic heterocycles. The number of fused-ring (bicyclic) bond motifs is 1. The molecule has 2 saturated carbocycles. The highest BCUT2D eigenvalue weighted by Gasteiger charge is 3.04. The molecule has 0 bridgehead atoms. The van der Waals surface area contributed by atoms with E-state index < -0.39 is 87.9 Å². The van der Waals surface area contributed by atoms with Gasteiger partial charge in [-0.25, -0.2) is 9.59 Å². The summed E-state index contributed by atoms with van der Waals surface area (Å²) in [7, 11) is 0. The quantitative estimate of drug-likeness (QED) is 0.235. The summed E-state index contributed by atoms with van der Waals surface area (Å²) in [5.41, 5.74) is -7.16. The summed E-state index contributed by atoms with van der Waals surface area (Å²) in [4.78, 5) is 39.7. The second-order valence-electron chi connectivity index (χ2n) is 12.8. The van der Waals surface area contributed by atoms with Crippen LogP contribution < -0.4 is 0 Å². The van der Waals surface area contributed by atoms with E-state index in [2.05, 4.69) is 0 Å². The zero-order valence-electron chi connectivity index (χ0n) is 22.1. The van der Waals surface area contributed by atoms with Gasteiger partial charge in [-0.15, -0.1) is 0 Å². The van der Waals surface area contributed by atoms with Gasteiger partial charge in [0.1, 0.15) is 19.0 Å². The number of benzene rings is 1. The van der Waals surface area contributed by atoms with Crippen molar-refractivity contribution in [2.75, 3.05) is 6.79 Å². The Morgan fingerprint density at radius 1 is 1.05 bits per heavy atom. The molecule has 1 aromatic rings. The number of esters is 3. The molecule has 2 aliphatic carbocycles. The molecule has 4 saturated heterocycles. The average Bonchev–Trinajstić information content (AvgIpc) is 3.60. The Morgan fingerprint density at radius 3 is 2.46 bits per heavy atom. The maximum absolute atomic E-state index is 13.9. The van der Waals surface area contributed by atoms with Crippen molar-refractivity contribution in [3.8, 4) is 0 Å². The number of hydrogen-bond donors (Lipinski definition) is 2. The molecule has 2 spiro atoms. The van der Waals surface area contributed by atoms with Crippen molar-refractivity contribution in [1.82, 2.24) is 0 Å². The fourth-order valence-corrected chi connectivity index (χ4v) is 9.15. The second kappa shape index (κ2) is 7.58. The first-order valence-corrected chi connectivity index (χ1v) is 13.3. The van der Waals surface area contributed by atoms with Crippen LogP contribution in [0.5, 0.6) is 0 Å². The normalized spacial score (nSPS) is 48.9. The first-order chi connectivity index (χ1) is 18.4. The van der Waals surface area contributed by atoms with Gasteiger partial charge >= 0.3 is 17.9 Å². The van der Waals surface area contributed by atoms with E-state index in [1.165, 1.54) is 6.92 Å². The van der Waals surface area contributed by atoms with Crippen LogP contribution in [0.4, 0.5) is 0 Å². The maximum Gasteiger partial charge on any atom is 0.343 e. The van der Waals surface area contributed by atoms with Gasteiger partial charge in [0.05, 0.1) is 23.4 Å². The van der Waals surface area contributed by atoms with Crippen molar-refractivity contribution in [3.63, 3.8) is 0 Å². The minimum Gasteiger partial charge on any atom is -0.459 e. The molecule has 0 aromatic heterocycles. The number of carbonyl (C=O) groups is 3. The van der Waals surface area contributed by atoms with Gasteiger partial charge in [0.25, 0.3) is 0 Å². The predicted octanol–water partition coefficient (Wildman–Crippen LogP) is 0.829. The van der Waals surface area contributed by atoms with Crippen molar-refractivity contribution < 1.29 is 53.0 Å². The third-order valence-electron chi connectivity index (χ3n) is 10.4. The molecule has 1 unspecified atom stereocenters. The number of aliphatic hydroxyl groups excluding tert-OH is 1. The van der Waals surface area contributed by atoms with Crippen molar-refractivity contribution in [2.45, 2.75) is 82.6 Å². The van der Waals surface area contributed by atoms with Crippen molar-refractivity contribution in [2.24, 2.45) is 28.1 Å². The zero-order chi connectivity index (χ0) is 27.8. The Hall–Kier alpha value is -2.57. The molecule has 0 radical (unpaired) electrons. The van der Waals surface area contributed by atoms with E-state index in [9.17, 15) is 24.6 Å². The Balaban J connectivity index is 1.40. The Bertz CT molecular complexity index is 1260. The lowest BCUT2D eigenvalue weighted by Gasteiger charge is -2.48. The number of carbonyl (C=O) groups excluding carboxylic acids is 3. The average molecular weight is 545 g/mol. The number of rotatable bonds is 5. The summed E-state index contributed by atoms with van der Waals surface area (Å²) in [5, 5.41) is 24.1. The molecular weight excluding hydrogens is 512 g/mol. The predicted molar refractivity (Wildman–Crippen MR) is 127 cm³/mol. The lowest BCUT2D eigenvalue weighted by Crippen LogP contribution is -2.67. The van der Waals surface area contributed by atoms with Gasteiger partial charge in [-0.3, -0.25) is 4.79 Å². The van der Waals surface area contributed by atoms with Gasteiger partial charge in [0.2, 0.25) is 11.9 Å². The number of aliphatic hydroxyl groups is 2. The summed E-state index contributed by atoms with van der Waals surface area (Å²) in [6, 6.07) is 9.43. The van der Waals surface area contributed by atoms with Gasteiger partial charge in [-0.05, 0) is 30.2 Å². The first kappa shape index (κ1) is 25.4. The second-order valence-corrected chi connectivity index (χ2v) is 12.8. The molecule has 210 valence electrons. The Labute approximate surface area is 224 Å². The highest BCUT2D eigenvalue weighted by molar-refractivity contribution is 5.94. The van der Waals surface area contributed by atoms with Crippen LogP contribution in [-0.4, -0.2) is 76.8 Å². The molecule has 2 N–H and O–H groups in total. The fraction of sp³-hybridized carbons (Fsp3) is 0.679. The Morgan fingerprint density at radius 2 is 1.77 bits per heavy atom. The van der Waals surface area contributed by atoms with Gasteiger partial charge < -0.3 is 38.6 Å². The van der Waals surface area contributed by atoms with Crippen LogP contribution >= 0.6 is 0 Å². The van der Waals surface area contributed by atoms with E-state index >= 15 is 0 Å². The van der Waals surface area contributed by atoms with Crippen LogP contribution in [0.3, 0.4) is 0 Å². The van der Waals surface area contributed by atoms with Gasteiger partial charge in [-0.1, -0.05) is 51.1 Å². The zero-order valence-corrected chi connectivity index (χ0v) is 22.1. The van der Waals surface area contributed by atoms with E-state index in [0.29, 0.717) is 0 Å². The smallest absolute Gasteiger partial charge is 0.343 e. The summed E-state index contributed by atoms with van der Waals surface area (Å²) in [6.45, 7) is 7.28. The molecule has 1 aromatic carbocycles. The molecule has 6 fully saturated rings. The van der Waals surface area contributed by atoms with E-state index in [-0.39, 0.29) is 19.8 Å². The van der Waals surface area contributed by atoms with Crippen LogP contribution in [0, 0.1) is 28.1 Å². The largest absolute Gasteiger partial charge is 0.459 e. The minimum atomic E-state index is -2.21. The van der Waals surface area contributed by atoms with Crippen LogP contribution in [0.2, 0.25) is 0 Å². The molecular formula is C28H32O11. The molecule has 4 heterocycles. The lowest BCUT2D eigenvalue weighted by molar-refractivity contribution is -0.242. The fourth-order valence-electron chi connectivity index (χ4n) is 9.15.